The zero-order valence-corrected chi connectivity index (χ0v) is 4.99. The molecule has 0 aliphatic heterocycles. The molecule has 0 radical (unpaired) electrons. The minimum Gasteiger partial charge on any atom is -0.330 e. The number of alkyl halides is 1. The van der Waals surface area contributed by atoms with Crippen LogP contribution in [0.5, 0.6) is 0 Å². The number of hydrogen-bond acceptors (Lipinski definition) is 1. The summed E-state index contributed by atoms with van der Waals surface area (Å²) >= 11 is 5.67. The molecule has 1 aliphatic carbocycles. The van der Waals surface area contributed by atoms with Crippen molar-refractivity contribution in [3.63, 3.8) is 0 Å². The Labute approximate surface area is 48.8 Å². The van der Waals surface area contributed by atoms with Gasteiger partial charge in [-0.1, -0.05) is 0 Å². The Morgan fingerprint density at radius 3 is 2.29 bits per heavy atom. The van der Waals surface area contributed by atoms with Crippen LogP contribution in [0.4, 0.5) is 0 Å². The van der Waals surface area contributed by atoms with Gasteiger partial charge >= 0.3 is 0 Å². The average molecular weight is 120 g/mol. The number of nitrogens with two attached hydrogens (primary N) is 1. The number of hydrogen-bond donors (Lipinski definition) is 1. The lowest BCUT2D eigenvalue weighted by Crippen LogP contribution is -2.30. The van der Waals surface area contributed by atoms with Crippen LogP contribution in [0.15, 0.2) is 0 Å². The molecular weight excluding hydrogens is 110 g/mol. The van der Waals surface area contributed by atoms with Crippen LogP contribution < -0.4 is 5.73 Å². The molecule has 7 heavy (non-hydrogen) atoms. The second kappa shape index (κ2) is 2.01. The highest BCUT2D eigenvalue weighted by Gasteiger charge is 2.25. The van der Waals surface area contributed by atoms with Crippen molar-refractivity contribution in [1.29, 1.82) is 0 Å². The lowest BCUT2D eigenvalue weighted by atomic mass is 9.85. The Kier molecular flexibility index (Phi) is 1.55. The third kappa shape index (κ3) is 1.07. The summed E-state index contributed by atoms with van der Waals surface area (Å²) < 4.78 is 0. The van der Waals surface area contributed by atoms with Gasteiger partial charge < -0.3 is 5.73 Å². The fraction of sp³-hybridized carbons (Fsp3) is 1.00. The number of rotatable bonds is 1. The van der Waals surface area contributed by atoms with Crippen molar-refractivity contribution in [1.82, 2.24) is 0 Å². The molecule has 1 saturated carbocycles. The van der Waals surface area contributed by atoms with Gasteiger partial charge in [-0.05, 0) is 25.3 Å². The Hall–Kier alpha value is 0.250. The van der Waals surface area contributed by atoms with Crippen molar-refractivity contribution < 1.29 is 0 Å². The summed E-state index contributed by atoms with van der Waals surface area (Å²) in [5.41, 5.74) is 5.34. The molecule has 0 spiro atoms. The van der Waals surface area contributed by atoms with E-state index in [0.717, 1.165) is 25.3 Å². The van der Waals surface area contributed by atoms with Crippen LogP contribution in [0.3, 0.4) is 0 Å². The van der Waals surface area contributed by atoms with Gasteiger partial charge in [0.05, 0.1) is 0 Å². The smallest absolute Gasteiger partial charge is 0.0342 e. The Bertz CT molecular complexity index is 59.1. The van der Waals surface area contributed by atoms with Crippen molar-refractivity contribution in [2.45, 2.75) is 18.2 Å². The van der Waals surface area contributed by atoms with Crippen LogP contribution in [-0.4, -0.2) is 11.9 Å². The highest BCUT2D eigenvalue weighted by atomic mass is 35.5. The summed E-state index contributed by atoms with van der Waals surface area (Å²) in [6.45, 7) is 0.823. The molecule has 1 aliphatic rings. The third-order valence-electron chi connectivity index (χ3n) is 1.51. The molecule has 0 amide bonds. The molecule has 1 fully saturated rings. The maximum Gasteiger partial charge on any atom is 0.0342 e. The first-order chi connectivity index (χ1) is 3.33. The summed E-state index contributed by atoms with van der Waals surface area (Å²) in [7, 11) is 0. The summed E-state index contributed by atoms with van der Waals surface area (Å²) in [6, 6.07) is 0. The van der Waals surface area contributed by atoms with Crippen LogP contribution >= 0.6 is 11.6 Å². The largest absolute Gasteiger partial charge is 0.330 e. The van der Waals surface area contributed by atoms with Gasteiger partial charge in [-0.3, -0.25) is 0 Å². The first-order valence-corrected chi connectivity index (χ1v) is 3.10. The van der Waals surface area contributed by atoms with Crippen LogP contribution in [0, 0.1) is 5.92 Å². The molecular formula is C5H10ClN. The fourth-order valence-electron chi connectivity index (χ4n) is 0.847. The van der Waals surface area contributed by atoms with Crippen molar-refractivity contribution in [3.05, 3.63) is 0 Å². The molecule has 0 saturated heterocycles. The van der Waals surface area contributed by atoms with E-state index in [9.17, 15) is 0 Å². The van der Waals surface area contributed by atoms with Gasteiger partial charge in [-0.2, -0.15) is 0 Å². The molecule has 1 rings (SSSR count). The normalized spacial score (nSPS) is 40.3. The van der Waals surface area contributed by atoms with E-state index in [2.05, 4.69) is 0 Å². The van der Waals surface area contributed by atoms with Gasteiger partial charge in [0.2, 0.25) is 0 Å². The van der Waals surface area contributed by atoms with E-state index in [1.54, 1.807) is 0 Å². The van der Waals surface area contributed by atoms with Crippen molar-refractivity contribution in [2.75, 3.05) is 6.54 Å². The Balaban J connectivity index is 2.06. The molecule has 0 bridgehead atoms. The lowest BCUT2D eigenvalue weighted by molar-refractivity contribution is 0.333. The molecule has 0 aromatic carbocycles. The minimum atomic E-state index is 0.438. The zero-order valence-electron chi connectivity index (χ0n) is 4.23. The Morgan fingerprint density at radius 2 is 2.14 bits per heavy atom. The van der Waals surface area contributed by atoms with E-state index in [1.807, 2.05) is 0 Å². The van der Waals surface area contributed by atoms with Gasteiger partial charge in [0.1, 0.15) is 0 Å². The standard InChI is InChI=1S/C5H10ClN/c6-5-1-4(2-5)3-7/h4-5H,1-3,7H2. The Morgan fingerprint density at radius 1 is 1.57 bits per heavy atom. The third-order valence-corrected chi connectivity index (χ3v) is 1.87. The number of halogens is 1. The van der Waals surface area contributed by atoms with Crippen LogP contribution in [0.1, 0.15) is 12.8 Å². The first kappa shape index (κ1) is 5.39. The van der Waals surface area contributed by atoms with E-state index in [0.29, 0.717) is 5.38 Å². The quantitative estimate of drug-likeness (QED) is 0.512. The zero-order chi connectivity index (χ0) is 5.28. The maximum absolute atomic E-state index is 5.67. The van der Waals surface area contributed by atoms with Gasteiger partial charge in [0.15, 0.2) is 0 Å². The van der Waals surface area contributed by atoms with Gasteiger partial charge in [0.25, 0.3) is 0 Å². The summed E-state index contributed by atoms with van der Waals surface area (Å²) in [5.74, 6) is 0.738. The van der Waals surface area contributed by atoms with Crippen LogP contribution in [0.2, 0.25) is 0 Å². The molecule has 2 N–H and O–H groups in total. The monoisotopic (exact) mass is 119 g/mol. The molecule has 1 nitrogen and oxygen atoms in total. The second-order valence-electron chi connectivity index (χ2n) is 2.17. The van der Waals surface area contributed by atoms with Crippen molar-refractivity contribution in [2.24, 2.45) is 11.7 Å². The van der Waals surface area contributed by atoms with E-state index in [-0.39, 0.29) is 0 Å². The highest BCUT2D eigenvalue weighted by Crippen LogP contribution is 2.30. The fourth-order valence-corrected chi connectivity index (χ4v) is 1.35. The predicted octanol–water partition coefficient (Wildman–Crippen LogP) is 0.963. The van der Waals surface area contributed by atoms with Crippen molar-refractivity contribution in [3.8, 4) is 0 Å². The van der Waals surface area contributed by atoms with E-state index < -0.39 is 0 Å². The molecule has 0 aromatic heterocycles. The molecule has 0 aromatic rings. The average Bonchev–Trinajstić information content (AvgIpc) is 1.58. The van der Waals surface area contributed by atoms with Gasteiger partial charge in [-0.15, -0.1) is 11.6 Å². The van der Waals surface area contributed by atoms with E-state index >= 15 is 0 Å². The van der Waals surface area contributed by atoms with Crippen LogP contribution in [0.25, 0.3) is 0 Å². The van der Waals surface area contributed by atoms with Gasteiger partial charge in [0, 0.05) is 5.38 Å². The van der Waals surface area contributed by atoms with E-state index in [1.165, 1.54) is 0 Å². The summed E-state index contributed by atoms with van der Waals surface area (Å²) in [6.07, 6.45) is 2.27. The lowest BCUT2D eigenvalue weighted by Gasteiger charge is -2.29. The topological polar surface area (TPSA) is 26.0 Å². The SMILES string of the molecule is NCC1CC(Cl)C1. The molecule has 42 valence electrons. The van der Waals surface area contributed by atoms with Gasteiger partial charge in [-0.25, -0.2) is 0 Å². The second-order valence-corrected chi connectivity index (χ2v) is 2.79. The minimum absolute atomic E-state index is 0.438. The predicted molar refractivity (Wildman–Crippen MR) is 31.4 cm³/mol. The molecule has 2 heteroatoms. The molecule has 0 unspecified atom stereocenters. The molecule has 0 heterocycles. The maximum atomic E-state index is 5.67. The molecule has 0 atom stereocenters. The van der Waals surface area contributed by atoms with Crippen molar-refractivity contribution >= 4 is 11.6 Å². The highest BCUT2D eigenvalue weighted by molar-refractivity contribution is 6.21. The summed E-state index contributed by atoms with van der Waals surface area (Å²) in [4.78, 5) is 0. The van der Waals surface area contributed by atoms with Crippen LogP contribution in [-0.2, 0) is 0 Å². The van der Waals surface area contributed by atoms with E-state index in [4.69, 9.17) is 17.3 Å². The first-order valence-electron chi connectivity index (χ1n) is 2.67. The summed E-state index contributed by atoms with van der Waals surface area (Å²) in [5, 5.41) is 0.438.